The van der Waals surface area contributed by atoms with Crippen LogP contribution in [0.2, 0.25) is 0 Å². The fourth-order valence-electron chi connectivity index (χ4n) is 5.33. The molecular weight excluding hydrogens is 600 g/mol. The molecule has 3 aromatic carbocycles. The maximum Gasteiger partial charge on any atom is 0.254 e. The first kappa shape index (κ1) is 27.4. The van der Waals surface area contributed by atoms with Crippen molar-refractivity contribution in [2.75, 3.05) is 25.4 Å². The lowest BCUT2D eigenvalue weighted by atomic mass is 10.1. The van der Waals surface area contributed by atoms with Crippen LogP contribution in [0.4, 0.5) is 0 Å². The Bertz CT molecular complexity index is 1760. The number of aryl methyl sites for hydroxylation is 1. The lowest BCUT2D eigenvalue weighted by Gasteiger charge is -2.40. The normalized spacial score (nSPS) is 15.5. The van der Waals surface area contributed by atoms with E-state index in [1.807, 2.05) is 59.2 Å². The number of benzene rings is 3. The first-order valence-electron chi connectivity index (χ1n) is 13.5. The standard InChI is InChI=1S/C31H29BrN6O2S/c1-20-11-12-26-25(15-20)28-29(38(26)18-22-7-4-3-5-8-22)33-31(35-34-28)41-19-27(39)36-13-14-37(21(2)17-36)30(40)23-9-6-10-24(32)16-23/h3-12,15-16,21H,13-14,17-19H2,1-2H3. The first-order valence-corrected chi connectivity index (χ1v) is 15.3. The molecule has 1 atom stereocenters. The van der Waals surface area contributed by atoms with Gasteiger partial charge in [0.2, 0.25) is 11.1 Å². The van der Waals surface area contributed by atoms with E-state index in [9.17, 15) is 9.59 Å². The second-order valence-electron chi connectivity index (χ2n) is 10.3. The minimum Gasteiger partial charge on any atom is -0.338 e. The van der Waals surface area contributed by atoms with Gasteiger partial charge in [-0.05, 0) is 49.7 Å². The van der Waals surface area contributed by atoms with Gasteiger partial charge in [-0.15, -0.1) is 10.2 Å². The van der Waals surface area contributed by atoms with E-state index >= 15 is 0 Å². The number of hydrogen-bond donors (Lipinski definition) is 0. The number of carbonyl (C=O) groups is 2. The largest absolute Gasteiger partial charge is 0.338 e. The van der Waals surface area contributed by atoms with Gasteiger partial charge in [0.25, 0.3) is 5.91 Å². The lowest BCUT2D eigenvalue weighted by Crippen LogP contribution is -2.55. The Morgan fingerprint density at radius 3 is 2.61 bits per heavy atom. The van der Waals surface area contributed by atoms with Crippen LogP contribution in [-0.4, -0.2) is 72.8 Å². The number of hydrogen-bond acceptors (Lipinski definition) is 6. The highest BCUT2D eigenvalue weighted by molar-refractivity contribution is 9.10. The third-order valence-corrected chi connectivity index (χ3v) is 8.74. The van der Waals surface area contributed by atoms with E-state index in [0.29, 0.717) is 36.9 Å². The van der Waals surface area contributed by atoms with Crippen LogP contribution in [0.25, 0.3) is 22.1 Å². The Morgan fingerprint density at radius 2 is 1.83 bits per heavy atom. The zero-order valence-electron chi connectivity index (χ0n) is 22.8. The molecule has 208 valence electrons. The van der Waals surface area contributed by atoms with Gasteiger partial charge in [-0.3, -0.25) is 9.59 Å². The van der Waals surface area contributed by atoms with Gasteiger partial charge in [0, 0.05) is 47.6 Å². The summed E-state index contributed by atoms with van der Waals surface area (Å²) < 4.78 is 3.04. The molecule has 5 aromatic rings. The number of amides is 2. The Balaban J connectivity index is 1.16. The van der Waals surface area contributed by atoms with Gasteiger partial charge < -0.3 is 14.4 Å². The predicted octanol–water partition coefficient (Wildman–Crippen LogP) is 5.56. The number of carbonyl (C=O) groups excluding carboxylic acids is 2. The number of nitrogens with zero attached hydrogens (tertiary/aromatic N) is 6. The topological polar surface area (TPSA) is 84.2 Å². The van der Waals surface area contributed by atoms with Gasteiger partial charge in [0.05, 0.1) is 11.3 Å². The molecule has 2 aromatic heterocycles. The Morgan fingerprint density at radius 1 is 1.00 bits per heavy atom. The molecule has 6 rings (SSSR count). The molecule has 1 fully saturated rings. The van der Waals surface area contributed by atoms with Crippen molar-refractivity contribution in [2.45, 2.75) is 31.6 Å². The van der Waals surface area contributed by atoms with Crippen molar-refractivity contribution in [3.05, 3.63) is 94.0 Å². The molecule has 1 saturated heterocycles. The zero-order valence-corrected chi connectivity index (χ0v) is 25.2. The van der Waals surface area contributed by atoms with Gasteiger partial charge >= 0.3 is 0 Å². The fraction of sp³-hybridized carbons (Fsp3) is 0.258. The molecule has 10 heteroatoms. The molecule has 1 aliphatic heterocycles. The monoisotopic (exact) mass is 628 g/mol. The SMILES string of the molecule is Cc1ccc2c(c1)c1nnc(SCC(=O)N3CCN(C(=O)c4cccc(Br)c4)C(C)C3)nc1n2Cc1ccccc1. The molecule has 0 radical (unpaired) electrons. The number of thioether (sulfide) groups is 1. The summed E-state index contributed by atoms with van der Waals surface area (Å²) in [6, 6.07) is 23.9. The van der Waals surface area contributed by atoms with Crippen LogP contribution in [0.15, 0.2) is 82.4 Å². The second-order valence-corrected chi connectivity index (χ2v) is 12.2. The van der Waals surface area contributed by atoms with Gasteiger partial charge in [0.1, 0.15) is 5.52 Å². The minimum absolute atomic E-state index is 0.000514. The third-order valence-electron chi connectivity index (χ3n) is 7.42. The smallest absolute Gasteiger partial charge is 0.254 e. The van der Waals surface area contributed by atoms with Crippen LogP contribution >= 0.6 is 27.7 Å². The third kappa shape index (κ3) is 5.71. The number of rotatable bonds is 6. The molecule has 0 aliphatic carbocycles. The van der Waals surface area contributed by atoms with Gasteiger partial charge in [-0.1, -0.05) is 75.7 Å². The van der Waals surface area contributed by atoms with E-state index in [2.05, 4.69) is 67.9 Å². The molecule has 2 amide bonds. The maximum atomic E-state index is 13.2. The fourth-order valence-corrected chi connectivity index (χ4v) is 6.42. The summed E-state index contributed by atoms with van der Waals surface area (Å²) in [6.07, 6.45) is 0. The molecular formula is C31H29BrN6O2S. The van der Waals surface area contributed by atoms with Crippen molar-refractivity contribution in [3.8, 4) is 0 Å². The number of piperazine rings is 1. The highest BCUT2D eigenvalue weighted by Crippen LogP contribution is 2.29. The zero-order chi connectivity index (χ0) is 28.5. The van der Waals surface area contributed by atoms with Gasteiger partial charge in [-0.25, -0.2) is 4.98 Å². The number of fused-ring (bicyclic) bond motifs is 3. The predicted molar refractivity (Wildman–Crippen MR) is 165 cm³/mol. The molecule has 0 saturated carbocycles. The van der Waals surface area contributed by atoms with Gasteiger partial charge in [-0.2, -0.15) is 0 Å². The van der Waals surface area contributed by atoms with Crippen molar-refractivity contribution in [2.24, 2.45) is 0 Å². The summed E-state index contributed by atoms with van der Waals surface area (Å²) in [5.74, 6) is 0.187. The lowest BCUT2D eigenvalue weighted by molar-refractivity contribution is -0.130. The molecule has 0 spiro atoms. The van der Waals surface area contributed by atoms with Crippen LogP contribution in [0.1, 0.15) is 28.4 Å². The quantitative estimate of drug-likeness (QED) is 0.229. The molecule has 8 nitrogen and oxygen atoms in total. The number of aromatic nitrogens is 4. The van der Waals surface area contributed by atoms with Crippen molar-refractivity contribution in [1.29, 1.82) is 0 Å². The van der Waals surface area contributed by atoms with Crippen LogP contribution in [0.3, 0.4) is 0 Å². The first-order chi connectivity index (χ1) is 19.9. The van der Waals surface area contributed by atoms with Crippen molar-refractivity contribution in [3.63, 3.8) is 0 Å². The van der Waals surface area contributed by atoms with E-state index in [-0.39, 0.29) is 23.6 Å². The molecule has 0 N–H and O–H groups in total. The minimum atomic E-state index is -0.0874. The van der Waals surface area contributed by atoms with Gasteiger partial charge in [0.15, 0.2) is 5.65 Å². The van der Waals surface area contributed by atoms with Crippen LogP contribution in [-0.2, 0) is 11.3 Å². The van der Waals surface area contributed by atoms with Crippen molar-refractivity contribution in [1.82, 2.24) is 29.5 Å². The van der Waals surface area contributed by atoms with E-state index in [4.69, 9.17) is 4.98 Å². The van der Waals surface area contributed by atoms with E-state index in [1.54, 1.807) is 0 Å². The molecule has 0 bridgehead atoms. The maximum absolute atomic E-state index is 13.2. The van der Waals surface area contributed by atoms with E-state index in [0.717, 1.165) is 32.1 Å². The van der Waals surface area contributed by atoms with Crippen molar-refractivity contribution >= 4 is 61.6 Å². The Kier molecular flexibility index (Phi) is 7.77. The Hall–Kier alpha value is -3.76. The molecule has 41 heavy (non-hydrogen) atoms. The summed E-state index contributed by atoms with van der Waals surface area (Å²) in [5.41, 5.74) is 5.53. The van der Waals surface area contributed by atoms with Crippen molar-refractivity contribution < 1.29 is 9.59 Å². The highest BCUT2D eigenvalue weighted by Gasteiger charge is 2.30. The average Bonchev–Trinajstić information content (AvgIpc) is 3.27. The summed E-state index contributed by atoms with van der Waals surface area (Å²) in [5, 5.41) is 10.4. The van der Waals surface area contributed by atoms with Crippen LogP contribution in [0.5, 0.6) is 0 Å². The second kappa shape index (κ2) is 11.6. The van der Waals surface area contributed by atoms with E-state index < -0.39 is 0 Å². The summed E-state index contributed by atoms with van der Waals surface area (Å²) in [6.45, 7) is 6.18. The van der Waals surface area contributed by atoms with E-state index in [1.165, 1.54) is 17.3 Å². The summed E-state index contributed by atoms with van der Waals surface area (Å²) in [4.78, 5) is 34.8. The molecule has 1 aliphatic rings. The number of halogens is 1. The summed E-state index contributed by atoms with van der Waals surface area (Å²) in [7, 11) is 0. The highest BCUT2D eigenvalue weighted by atomic mass is 79.9. The average molecular weight is 630 g/mol. The van der Waals surface area contributed by atoms with Crippen LogP contribution in [0, 0.1) is 6.92 Å². The van der Waals surface area contributed by atoms with Crippen LogP contribution < -0.4 is 0 Å². The summed E-state index contributed by atoms with van der Waals surface area (Å²) >= 11 is 4.73. The molecule has 1 unspecified atom stereocenters. The Labute approximate surface area is 250 Å². The molecule has 3 heterocycles.